The lowest BCUT2D eigenvalue weighted by molar-refractivity contribution is 0.129. The van der Waals surface area contributed by atoms with Crippen LogP contribution >= 0.6 is 0 Å². The van der Waals surface area contributed by atoms with Gasteiger partial charge in [-0.05, 0) is 18.3 Å². The molecular formula is C8H12N+. The number of nitrogens with zero attached hydrogens (tertiary/aromatic N) is 1. The molecule has 0 aromatic carbocycles. The molecule has 2 rings (SSSR count). The monoisotopic (exact) mass is 122 g/mol. The molecule has 0 unspecified atom stereocenters. The molecule has 1 fully saturated rings. The Bertz CT molecular complexity index is 169. The number of rotatable bonds is 0. The fourth-order valence-corrected chi connectivity index (χ4v) is 1.79. The predicted molar refractivity (Wildman–Crippen MR) is 37.6 cm³/mol. The van der Waals surface area contributed by atoms with Gasteiger partial charge in [0, 0.05) is 6.42 Å². The van der Waals surface area contributed by atoms with Crippen molar-refractivity contribution in [3.63, 3.8) is 0 Å². The molecule has 0 aromatic rings. The van der Waals surface area contributed by atoms with Crippen LogP contribution in [0.1, 0.15) is 32.1 Å². The van der Waals surface area contributed by atoms with E-state index in [1.165, 1.54) is 25.7 Å². The molecule has 0 bridgehead atoms. The molecule has 1 nitrogen and oxygen atoms in total. The van der Waals surface area contributed by atoms with Crippen LogP contribution in [0, 0.1) is 11.5 Å². The van der Waals surface area contributed by atoms with Gasteiger partial charge in [-0.25, -0.2) is 0 Å². The minimum absolute atomic E-state index is 0.696. The van der Waals surface area contributed by atoms with Crippen molar-refractivity contribution in [2.24, 2.45) is 5.41 Å². The molecule has 0 radical (unpaired) electrons. The van der Waals surface area contributed by atoms with Crippen molar-refractivity contribution in [3.05, 3.63) is 4.85 Å². The number of hydrogen-bond donors (Lipinski definition) is 0. The molecule has 48 valence electrons. The van der Waals surface area contributed by atoms with Crippen LogP contribution in [0.4, 0.5) is 0 Å². The molecule has 0 aromatic heterocycles. The van der Waals surface area contributed by atoms with Crippen LogP contribution in [0.3, 0.4) is 0 Å². The Morgan fingerprint density at radius 3 is 2.44 bits per heavy atom. The second kappa shape index (κ2) is 1.73. The van der Waals surface area contributed by atoms with Gasteiger partial charge in [-0.1, -0.05) is 11.3 Å². The summed E-state index contributed by atoms with van der Waals surface area (Å²) in [6.45, 7) is 1.04. The van der Waals surface area contributed by atoms with E-state index in [0.29, 0.717) is 5.41 Å². The summed E-state index contributed by atoms with van der Waals surface area (Å²) in [5.74, 6) is 0. The molecule has 1 aliphatic carbocycles. The lowest BCUT2D eigenvalue weighted by Gasteiger charge is -2.38. The SMILES string of the molecule is C1#[N+]CCC2(C1)CCC2. The zero-order valence-electron chi connectivity index (χ0n) is 5.69. The lowest BCUT2D eigenvalue weighted by Crippen LogP contribution is -2.30. The second-order valence-corrected chi connectivity index (χ2v) is 3.32. The van der Waals surface area contributed by atoms with E-state index in [4.69, 9.17) is 0 Å². The summed E-state index contributed by atoms with van der Waals surface area (Å²) in [5.41, 5.74) is 0.696. The standard InChI is InChI=1S/C8H12N/c1-2-8(3-1)4-6-9-7-5-8/h1-6H2/q+1. The molecule has 0 amide bonds. The first-order chi connectivity index (χ1) is 4.41. The summed E-state index contributed by atoms with van der Waals surface area (Å²) in [7, 11) is 0. The molecule has 9 heavy (non-hydrogen) atoms. The molecule has 2 aliphatic rings. The van der Waals surface area contributed by atoms with E-state index < -0.39 is 0 Å². The summed E-state index contributed by atoms with van der Waals surface area (Å²) in [6, 6.07) is 3.10. The topological polar surface area (TPSA) is 4.36 Å². The van der Waals surface area contributed by atoms with Gasteiger partial charge in [0.15, 0.2) is 0 Å². The van der Waals surface area contributed by atoms with E-state index in [1.54, 1.807) is 0 Å². The second-order valence-electron chi connectivity index (χ2n) is 3.32. The summed E-state index contributed by atoms with van der Waals surface area (Å²) in [4.78, 5) is 4.10. The minimum Gasteiger partial charge on any atom is -0.0837 e. The van der Waals surface area contributed by atoms with Gasteiger partial charge >= 0.3 is 0 Å². The Morgan fingerprint density at radius 2 is 2.11 bits per heavy atom. The van der Waals surface area contributed by atoms with Crippen molar-refractivity contribution < 1.29 is 0 Å². The maximum Gasteiger partial charge on any atom is 0.273 e. The van der Waals surface area contributed by atoms with Gasteiger partial charge in [0.05, 0.1) is 6.42 Å². The first-order valence-electron chi connectivity index (χ1n) is 3.81. The van der Waals surface area contributed by atoms with Crippen LogP contribution in [0.15, 0.2) is 0 Å². The summed E-state index contributed by atoms with van der Waals surface area (Å²) >= 11 is 0. The third-order valence-corrected chi connectivity index (χ3v) is 2.73. The highest BCUT2D eigenvalue weighted by atomic mass is 14.7. The average Bonchev–Trinajstić information content (AvgIpc) is 1.87. The molecule has 0 atom stereocenters. The first-order valence-corrected chi connectivity index (χ1v) is 3.81. The van der Waals surface area contributed by atoms with Crippen molar-refractivity contribution in [3.8, 4) is 6.07 Å². The molecule has 1 heterocycles. The van der Waals surface area contributed by atoms with Crippen molar-refractivity contribution in [1.29, 1.82) is 0 Å². The van der Waals surface area contributed by atoms with Crippen LogP contribution in [-0.4, -0.2) is 6.54 Å². The minimum atomic E-state index is 0.696. The quantitative estimate of drug-likeness (QED) is 0.464. The largest absolute Gasteiger partial charge is 0.273 e. The highest BCUT2D eigenvalue weighted by Crippen LogP contribution is 2.47. The van der Waals surface area contributed by atoms with Gasteiger partial charge < -0.3 is 0 Å². The summed E-state index contributed by atoms with van der Waals surface area (Å²) in [5, 5.41) is 0. The third-order valence-electron chi connectivity index (χ3n) is 2.73. The fourth-order valence-electron chi connectivity index (χ4n) is 1.79. The van der Waals surface area contributed by atoms with Crippen molar-refractivity contribution in [2.75, 3.05) is 6.54 Å². The van der Waals surface area contributed by atoms with Gasteiger partial charge in [0.25, 0.3) is 12.6 Å². The van der Waals surface area contributed by atoms with Crippen LogP contribution in [-0.2, 0) is 0 Å². The van der Waals surface area contributed by atoms with Gasteiger partial charge in [0.1, 0.15) is 0 Å². The Hall–Kier alpha value is -0.510. The highest BCUT2D eigenvalue weighted by molar-refractivity contribution is 5.04. The van der Waals surface area contributed by atoms with Crippen LogP contribution < -0.4 is 0 Å². The normalized spacial score (nSPS) is 28.4. The zero-order valence-corrected chi connectivity index (χ0v) is 5.69. The molecular weight excluding hydrogens is 110 g/mol. The maximum atomic E-state index is 4.10. The highest BCUT2D eigenvalue weighted by Gasteiger charge is 2.40. The molecule has 1 saturated carbocycles. The van der Waals surface area contributed by atoms with E-state index in [1.807, 2.05) is 0 Å². The molecule has 1 aliphatic heterocycles. The Morgan fingerprint density at radius 1 is 1.22 bits per heavy atom. The maximum absolute atomic E-state index is 4.10. The van der Waals surface area contributed by atoms with E-state index in [0.717, 1.165) is 13.0 Å². The summed E-state index contributed by atoms with van der Waals surface area (Å²) in [6.07, 6.45) is 6.81. The van der Waals surface area contributed by atoms with Gasteiger partial charge in [-0.15, -0.1) is 0 Å². The van der Waals surface area contributed by atoms with Crippen LogP contribution in [0.2, 0.25) is 0 Å². The lowest BCUT2D eigenvalue weighted by atomic mass is 9.64. The fraction of sp³-hybridized carbons (Fsp3) is 0.875. The van der Waals surface area contributed by atoms with Gasteiger partial charge in [-0.2, -0.15) is 0 Å². The molecule has 1 spiro atoms. The van der Waals surface area contributed by atoms with Crippen molar-refractivity contribution >= 4 is 0 Å². The average molecular weight is 122 g/mol. The van der Waals surface area contributed by atoms with E-state index in [2.05, 4.69) is 10.9 Å². The van der Waals surface area contributed by atoms with Crippen molar-refractivity contribution in [2.45, 2.75) is 32.1 Å². The first kappa shape index (κ1) is 5.29. The van der Waals surface area contributed by atoms with Gasteiger partial charge in [-0.3, -0.25) is 0 Å². The van der Waals surface area contributed by atoms with Crippen molar-refractivity contribution in [1.82, 2.24) is 0 Å². The Labute approximate surface area is 55.9 Å². The molecule has 0 N–H and O–H groups in total. The van der Waals surface area contributed by atoms with E-state index in [9.17, 15) is 0 Å². The molecule has 1 heteroatoms. The Kier molecular flexibility index (Phi) is 1.02. The third kappa shape index (κ3) is 0.738. The number of hydrogen-bond acceptors (Lipinski definition) is 0. The predicted octanol–water partition coefficient (Wildman–Crippen LogP) is 2.28. The molecule has 0 saturated heterocycles. The Balaban J connectivity index is 2.08. The van der Waals surface area contributed by atoms with Crippen LogP contribution in [0.25, 0.3) is 4.85 Å². The van der Waals surface area contributed by atoms with E-state index >= 15 is 0 Å². The zero-order chi connectivity index (χ0) is 6.16. The van der Waals surface area contributed by atoms with Gasteiger partial charge in [0.2, 0.25) is 0 Å². The smallest absolute Gasteiger partial charge is 0.0837 e. The van der Waals surface area contributed by atoms with Crippen LogP contribution in [0.5, 0.6) is 0 Å². The summed E-state index contributed by atoms with van der Waals surface area (Å²) < 4.78 is 0. The van der Waals surface area contributed by atoms with E-state index in [-0.39, 0.29) is 0 Å².